The Hall–Kier alpha value is -0.510. The number of hydrogen-bond donors (Lipinski definition) is 1. The third-order valence-electron chi connectivity index (χ3n) is 1.56. The van der Waals surface area contributed by atoms with Gasteiger partial charge in [-0.1, -0.05) is 17.7 Å². The van der Waals surface area contributed by atoms with Crippen LogP contribution in [0.3, 0.4) is 0 Å². The van der Waals surface area contributed by atoms with Gasteiger partial charge in [0.05, 0.1) is 6.61 Å². The molecule has 0 spiro atoms. The molecule has 1 N–H and O–H groups in total. The second-order valence-electron chi connectivity index (χ2n) is 2.80. The first kappa shape index (κ1) is 10.6. The summed E-state index contributed by atoms with van der Waals surface area (Å²) in [5, 5.41) is 8.51. The van der Waals surface area contributed by atoms with Gasteiger partial charge in [-0.3, -0.25) is 0 Å². The zero-order valence-electron chi connectivity index (χ0n) is 7.69. The first-order valence-corrected chi connectivity index (χ1v) is 5.04. The van der Waals surface area contributed by atoms with Crippen molar-refractivity contribution in [2.75, 3.05) is 13.2 Å². The van der Waals surface area contributed by atoms with Crippen molar-refractivity contribution < 1.29 is 9.29 Å². The highest BCUT2D eigenvalue weighted by Crippen LogP contribution is 2.19. The molecule has 1 aromatic rings. The third-order valence-corrected chi connectivity index (χ3v) is 2.31. The van der Waals surface area contributed by atoms with Crippen molar-refractivity contribution >= 4 is 12.0 Å². The van der Waals surface area contributed by atoms with Gasteiger partial charge in [-0.25, -0.2) is 0 Å². The van der Waals surface area contributed by atoms with Gasteiger partial charge in [0.25, 0.3) is 0 Å². The van der Waals surface area contributed by atoms with E-state index in [0.717, 1.165) is 4.90 Å². The third kappa shape index (κ3) is 4.31. The van der Waals surface area contributed by atoms with E-state index in [-0.39, 0.29) is 6.61 Å². The molecule has 72 valence electrons. The van der Waals surface area contributed by atoms with Gasteiger partial charge in [0, 0.05) is 23.5 Å². The normalized spacial score (nSPS) is 10.3. The molecule has 0 saturated carbocycles. The fraction of sp³-hybridized carbons (Fsp3) is 0.400. The van der Waals surface area contributed by atoms with E-state index in [1.807, 2.05) is 12.1 Å². The highest BCUT2D eigenvalue weighted by molar-refractivity contribution is 7.94. The molecule has 1 rings (SSSR count). The molecule has 3 heteroatoms. The van der Waals surface area contributed by atoms with Crippen molar-refractivity contribution in [3.05, 3.63) is 29.8 Å². The summed E-state index contributed by atoms with van der Waals surface area (Å²) in [5.74, 6) is 0. The second kappa shape index (κ2) is 6.02. The van der Waals surface area contributed by atoms with Gasteiger partial charge in [-0.15, -0.1) is 0 Å². The molecule has 0 saturated heterocycles. The minimum Gasteiger partial charge on any atom is -0.396 e. The number of aryl methyl sites for hydroxylation is 1. The van der Waals surface area contributed by atoms with Crippen molar-refractivity contribution in [3.63, 3.8) is 0 Å². The maximum absolute atomic E-state index is 8.51. The summed E-state index contributed by atoms with van der Waals surface area (Å²) >= 11 is 1.36. The van der Waals surface area contributed by atoms with Gasteiger partial charge >= 0.3 is 0 Å². The Kier molecular flexibility index (Phi) is 4.90. The van der Waals surface area contributed by atoms with Crippen LogP contribution in [0.25, 0.3) is 0 Å². The summed E-state index contributed by atoms with van der Waals surface area (Å²) in [6.07, 6.45) is 0.693. The van der Waals surface area contributed by atoms with Crippen LogP contribution in [0.4, 0.5) is 0 Å². The molecule has 0 bridgehead atoms. The highest BCUT2D eigenvalue weighted by atomic mass is 32.2. The Morgan fingerprint density at radius 1 is 1.31 bits per heavy atom. The topological polar surface area (TPSA) is 29.5 Å². The van der Waals surface area contributed by atoms with E-state index in [1.54, 1.807) is 0 Å². The Morgan fingerprint density at radius 2 is 2.00 bits per heavy atom. The average Bonchev–Trinajstić information content (AvgIpc) is 2.15. The number of aliphatic hydroxyl groups is 1. The van der Waals surface area contributed by atoms with Gasteiger partial charge in [-0.05, 0) is 25.5 Å². The van der Waals surface area contributed by atoms with Crippen molar-refractivity contribution in [2.45, 2.75) is 18.2 Å². The predicted molar refractivity (Wildman–Crippen MR) is 54.7 cm³/mol. The monoisotopic (exact) mass is 198 g/mol. The number of benzene rings is 1. The van der Waals surface area contributed by atoms with Crippen LogP contribution in [-0.2, 0) is 4.18 Å². The van der Waals surface area contributed by atoms with E-state index in [0.29, 0.717) is 13.0 Å². The maximum Gasteiger partial charge on any atom is 0.0640 e. The fourth-order valence-electron chi connectivity index (χ4n) is 0.827. The SMILES string of the molecule is Cc1ccc(SOCCCO)cc1. The van der Waals surface area contributed by atoms with E-state index in [9.17, 15) is 0 Å². The van der Waals surface area contributed by atoms with Crippen LogP contribution in [-0.4, -0.2) is 18.3 Å². The minimum absolute atomic E-state index is 0.189. The fourth-order valence-corrected chi connectivity index (χ4v) is 1.41. The Labute approximate surface area is 83.1 Å². The van der Waals surface area contributed by atoms with Crippen molar-refractivity contribution in [2.24, 2.45) is 0 Å². The lowest BCUT2D eigenvalue weighted by Gasteiger charge is -2.01. The lowest BCUT2D eigenvalue weighted by Crippen LogP contribution is -1.90. The van der Waals surface area contributed by atoms with Crippen molar-refractivity contribution in [1.29, 1.82) is 0 Å². The minimum atomic E-state index is 0.189. The van der Waals surface area contributed by atoms with E-state index in [2.05, 4.69) is 19.1 Å². The average molecular weight is 198 g/mol. The predicted octanol–water partition coefficient (Wildman–Crippen LogP) is 2.40. The zero-order valence-corrected chi connectivity index (χ0v) is 8.51. The first-order valence-electron chi connectivity index (χ1n) is 4.30. The van der Waals surface area contributed by atoms with E-state index in [4.69, 9.17) is 9.29 Å². The van der Waals surface area contributed by atoms with Gasteiger partial charge in [0.2, 0.25) is 0 Å². The lowest BCUT2D eigenvalue weighted by molar-refractivity contribution is 0.249. The smallest absolute Gasteiger partial charge is 0.0640 e. The van der Waals surface area contributed by atoms with Crippen LogP contribution in [0.1, 0.15) is 12.0 Å². The quantitative estimate of drug-likeness (QED) is 0.582. The van der Waals surface area contributed by atoms with Crippen LogP contribution in [0.15, 0.2) is 29.2 Å². The molecule has 0 aromatic heterocycles. The molecule has 2 nitrogen and oxygen atoms in total. The van der Waals surface area contributed by atoms with Gasteiger partial charge in [0.15, 0.2) is 0 Å². The molecular weight excluding hydrogens is 184 g/mol. The lowest BCUT2D eigenvalue weighted by atomic mass is 10.2. The van der Waals surface area contributed by atoms with Crippen LogP contribution >= 0.6 is 12.0 Å². The van der Waals surface area contributed by atoms with Crippen molar-refractivity contribution in [1.82, 2.24) is 0 Å². The number of hydrogen-bond acceptors (Lipinski definition) is 3. The molecule has 0 heterocycles. The Bertz CT molecular complexity index is 233. The number of rotatable bonds is 5. The molecule has 0 fully saturated rings. The molecule has 0 aliphatic heterocycles. The zero-order chi connectivity index (χ0) is 9.52. The van der Waals surface area contributed by atoms with Gasteiger partial charge in [-0.2, -0.15) is 0 Å². The molecule has 1 aromatic carbocycles. The molecule has 0 unspecified atom stereocenters. The summed E-state index contributed by atoms with van der Waals surface area (Å²) < 4.78 is 5.26. The Morgan fingerprint density at radius 3 is 2.62 bits per heavy atom. The molecule has 0 aliphatic rings. The largest absolute Gasteiger partial charge is 0.396 e. The molecule has 0 atom stereocenters. The summed E-state index contributed by atoms with van der Waals surface area (Å²) in [7, 11) is 0. The molecule has 0 aliphatic carbocycles. The standard InChI is InChI=1S/C10H14O2S/c1-9-3-5-10(6-4-9)13-12-8-2-7-11/h3-6,11H,2,7-8H2,1H3. The highest BCUT2D eigenvalue weighted by Gasteiger charge is 1.93. The van der Waals surface area contributed by atoms with Crippen molar-refractivity contribution in [3.8, 4) is 0 Å². The molecular formula is C10H14O2S. The van der Waals surface area contributed by atoms with Gasteiger partial charge < -0.3 is 9.29 Å². The summed E-state index contributed by atoms with van der Waals surface area (Å²) in [6, 6.07) is 8.16. The first-order chi connectivity index (χ1) is 6.33. The Balaban J connectivity index is 2.25. The molecule has 0 amide bonds. The van der Waals surface area contributed by atoms with Crippen LogP contribution in [0, 0.1) is 6.92 Å². The number of aliphatic hydroxyl groups excluding tert-OH is 1. The van der Waals surface area contributed by atoms with E-state index < -0.39 is 0 Å². The molecule has 13 heavy (non-hydrogen) atoms. The van der Waals surface area contributed by atoms with Crippen LogP contribution < -0.4 is 0 Å². The van der Waals surface area contributed by atoms with Crippen LogP contribution in [0.5, 0.6) is 0 Å². The maximum atomic E-state index is 8.51. The van der Waals surface area contributed by atoms with E-state index >= 15 is 0 Å². The van der Waals surface area contributed by atoms with E-state index in [1.165, 1.54) is 17.6 Å². The summed E-state index contributed by atoms with van der Waals surface area (Å²) in [5.41, 5.74) is 1.25. The van der Waals surface area contributed by atoms with Gasteiger partial charge in [0.1, 0.15) is 0 Å². The molecule has 0 radical (unpaired) electrons. The second-order valence-corrected chi connectivity index (χ2v) is 3.67. The summed E-state index contributed by atoms with van der Waals surface area (Å²) in [6.45, 7) is 2.84. The summed E-state index contributed by atoms with van der Waals surface area (Å²) in [4.78, 5) is 1.10. The van der Waals surface area contributed by atoms with Crippen LogP contribution in [0.2, 0.25) is 0 Å².